The molecule has 0 radical (unpaired) electrons. The number of aromatic carboxylic acids is 1. The zero-order valence-electron chi connectivity index (χ0n) is 11.1. The SMILES string of the molecule is O=C(O)c1cc(Br)cnc1N1CCN(c2nccs2)CC1. The van der Waals surface area contributed by atoms with Gasteiger partial charge >= 0.3 is 5.97 Å². The van der Waals surface area contributed by atoms with E-state index in [1.54, 1.807) is 29.8 Å². The van der Waals surface area contributed by atoms with Gasteiger partial charge in [0, 0.05) is 48.4 Å². The van der Waals surface area contributed by atoms with Crippen molar-refractivity contribution in [3.05, 3.63) is 33.9 Å². The fraction of sp³-hybridized carbons (Fsp3) is 0.308. The highest BCUT2D eigenvalue weighted by molar-refractivity contribution is 9.10. The summed E-state index contributed by atoms with van der Waals surface area (Å²) in [7, 11) is 0. The minimum Gasteiger partial charge on any atom is -0.478 e. The molecule has 1 aliphatic heterocycles. The van der Waals surface area contributed by atoms with Crippen LogP contribution in [0.25, 0.3) is 0 Å². The molecule has 0 unspecified atom stereocenters. The van der Waals surface area contributed by atoms with Gasteiger partial charge in [-0.3, -0.25) is 0 Å². The molecular weight excluding hydrogens is 356 g/mol. The van der Waals surface area contributed by atoms with Gasteiger partial charge in [-0.05, 0) is 22.0 Å². The van der Waals surface area contributed by atoms with E-state index in [1.807, 2.05) is 10.3 Å². The first-order valence-corrected chi connectivity index (χ1v) is 8.10. The monoisotopic (exact) mass is 368 g/mol. The van der Waals surface area contributed by atoms with Crippen molar-refractivity contribution in [2.75, 3.05) is 36.0 Å². The lowest BCUT2D eigenvalue weighted by atomic mass is 10.2. The molecule has 0 amide bonds. The molecule has 1 saturated heterocycles. The molecule has 3 heterocycles. The van der Waals surface area contributed by atoms with Crippen LogP contribution in [0.2, 0.25) is 0 Å². The van der Waals surface area contributed by atoms with Crippen molar-refractivity contribution in [3.63, 3.8) is 0 Å². The Morgan fingerprint density at radius 1 is 1.24 bits per heavy atom. The van der Waals surface area contributed by atoms with E-state index >= 15 is 0 Å². The number of aromatic nitrogens is 2. The Kier molecular flexibility index (Phi) is 4.07. The average Bonchev–Trinajstić information content (AvgIpc) is 3.01. The van der Waals surface area contributed by atoms with E-state index in [2.05, 4.69) is 30.8 Å². The molecule has 2 aromatic heterocycles. The van der Waals surface area contributed by atoms with Crippen molar-refractivity contribution >= 4 is 44.2 Å². The summed E-state index contributed by atoms with van der Waals surface area (Å²) in [6, 6.07) is 1.60. The van der Waals surface area contributed by atoms with Crippen molar-refractivity contribution in [2.24, 2.45) is 0 Å². The molecule has 0 aromatic carbocycles. The highest BCUT2D eigenvalue weighted by Gasteiger charge is 2.23. The van der Waals surface area contributed by atoms with Gasteiger partial charge in [-0.1, -0.05) is 0 Å². The van der Waals surface area contributed by atoms with Gasteiger partial charge in [0.1, 0.15) is 11.4 Å². The van der Waals surface area contributed by atoms with E-state index in [4.69, 9.17) is 0 Å². The molecule has 3 rings (SSSR count). The van der Waals surface area contributed by atoms with Crippen LogP contribution < -0.4 is 9.80 Å². The Bertz CT molecular complexity index is 642. The number of carboxylic acid groups (broad SMARTS) is 1. The van der Waals surface area contributed by atoms with E-state index in [0.29, 0.717) is 10.3 Å². The first-order chi connectivity index (χ1) is 10.1. The number of carboxylic acids is 1. The average molecular weight is 369 g/mol. The Morgan fingerprint density at radius 3 is 2.57 bits per heavy atom. The molecule has 2 aromatic rings. The summed E-state index contributed by atoms with van der Waals surface area (Å²) >= 11 is 4.88. The molecule has 110 valence electrons. The van der Waals surface area contributed by atoms with Gasteiger partial charge in [-0.2, -0.15) is 0 Å². The Balaban J connectivity index is 1.76. The Labute approximate surface area is 134 Å². The summed E-state index contributed by atoms with van der Waals surface area (Å²) in [5, 5.41) is 12.3. The van der Waals surface area contributed by atoms with Crippen LogP contribution in [0, 0.1) is 0 Å². The molecule has 0 aliphatic carbocycles. The van der Waals surface area contributed by atoms with Crippen molar-refractivity contribution in [2.45, 2.75) is 0 Å². The smallest absolute Gasteiger partial charge is 0.339 e. The van der Waals surface area contributed by atoms with E-state index < -0.39 is 5.97 Å². The molecular formula is C13H13BrN4O2S. The molecule has 6 nitrogen and oxygen atoms in total. The van der Waals surface area contributed by atoms with Gasteiger partial charge in [0.2, 0.25) is 0 Å². The summed E-state index contributed by atoms with van der Waals surface area (Å²) < 4.78 is 0.671. The number of hydrogen-bond acceptors (Lipinski definition) is 6. The molecule has 0 bridgehead atoms. The zero-order valence-corrected chi connectivity index (χ0v) is 13.5. The number of carbonyl (C=O) groups is 1. The summed E-state index contributed by atoms with van der Waals surface area (Å²) in [5.74, 6) is -0.425. The second-order valence-electron chi connectivity index (χ2n) is 4.62. The molecule has 0 atom stereocenters. The number of anilines is 2. The lowest BCUT2D eigenvalue weighted by molar-refractivity contribution is 0.0697. The number of nitrogens with zero attached hydrogens (tertiary/aromatic N) is 4. The summed E-state index contributed by atoms with van der Waals surface area (Å²) in [4.78, 5) is 24.2. The lowest BCUT2D eigenvalue weighted by Gasteiger charge is -2.35. The first-order valence-electron chi connectivity index (χ1n) is 6.43. The second kappa shape index (κ2) is 5.98. The van der Waals surface area contributed by atoms with Crippen LogP contribution in [0.3, 0.4) is 0 Å². The van der Waals surface area contributed by atoms with Crippen LogP contribution in [0.5, 0.6) is 0 Å². The van der Waals surface area contributed by atoms with Gasteiger partial charge in [0.25, 0.3) is 0 Å². The number of piperazine rings is 1. The highest BCUT2D eigenvalue weighted by atomic mass is 79.9. The highest BCUT2D eigenvalue weighted by Crippen LogP contribution is 2.25. The Morgan fingerprint density at radius 2 is 1.95 bits per heavy atom. The van der Waals surface area contributed by atoms with Crippen molar-refractivity contribution < 1.29 is 9.90 Å². The van der Waals surface area contributed by atoms with Gasteiger partial charge in [0.05, 0.1) is 0 Å². The zero-order chi connectivity index (χ0) is 14.8. The Hall–Kier alpha value is -1.67. The third-order valence-corrected chi connectivity index (χ3v) is 4.60. The number of halogens is 1. The van der Waals surface area contributed by atoms with Crippen LogP contribution >= 0.6 is 27.3 Å². The topological polar surface area (TPSA) is 69.6 Å². The van der Waals surface area contributed by atoms with Crippen LogP contribution in [-0.4, -0.2) is 47.2 Å². The quantitative estimate of drug-likeness (QED) is 0.896. The predicted octanol–water partition coefficient (Wildman–Crippen LogP) is 2.33. The predicted molar refractivity (Wildman–Crippen MR) is 85.4 cm³/mol. The molecule has 1 aliphatic rings. The van der Waals surface area contributed by atoms with E-state index in [0.717, 1.165) is 31.3 Å². The molecule has 0 spiro atoms. The minimum absolute atomic E-state index is 0.229. The molecule has 1 fully saturated rings. The van der Waals surface area contributed by atoms with Crippen molar-refractivity contribution in [3.8, 4) is 0 Å². The van der Waals surface area contributed by atoms with Crippen molar-refractivity contribution in [1.29, 1.82) is 0 Å². The lowest BCUT2D eigenvalue weighted by Crippen LogP contribution is -2.47. The van der Waals surface area contributed by atoms with Gasteiger partial charge in [-0.15, -0.1) is 11.3 Å². The standard InChI is InChI=1S/C13H13BrN4O2S/c14-9-7-10(12(19)20)11(16-8-9)17-2-4-18(5-3-17)13-15-1-6-21-13/h1,6-8H,2-5H2,(H,19,20). The van der Waals surface area contributed by atoms with Crippen molar-refractivity contribution in [1.82, 2.24) is 9.97 Å². The molecule has 0 saturated carbocycles. The first kappa shape index (κ1) is 14.3. The summed E-state index contributed by atoms with van der Waals surface area (Å²) in [5.41, 5.74) is 0.229. The maximum absolute atomic E-state index is 11.4. The fourth-order valence-electron chi connectivity index (χ4n) is 2.32. The van der Waals surface area contributed by atoms with Gasteiger partial charge in [0.15, 0.2) is 5.13 Å². The fourth-order valence-corrected chi connectivity index (χ4v) is 3.35. The normalized spacial score (nSPS) is 15.3. The summed E-state index contributed by atoms with van der Waals surface area (Å²) in [6.45, 7) is 3.08. The third-order valence-electron chi connectivity index (χ3n) is 3.33. The van der Waals surface area contributed by atoms with E-state index in [9.17, 15) is 9.90 Å². The van der Waals surface area contributed by atoms with Crippen LogP contribution in [0.15, 0.2) is 28.3 Å². The second-order valence-corrected chi connectivity index (χ2v) is 6.41. The molecule has 8 heteroatoms. The van der Waals surface area contributed by atoms with Gasteiger partial charge in [-0.25, -0.2) is 14.8 Å². The maximum Gasteiger partial charge on any atom is 0.339 e. The summed E-state index contributed by atoms with van der Waals surface area (Å²) in [6.07, 6.45) is 3.43. The van der Waals surface area contributed by atoms with Crippen LogP contribution in [0.1, 0.15) is 10.4 Å². The third kappa shape index (κ3) is 3.01. The number of rotatable bonds is 3. The largest absolute Gasteiger partial charge is 0.478 e. The number of hydrogen-bond donors (Lipinski definition) is 1. The van der Waals surface area contributed by atoms with Gasteiger partial charge < -0.3 is 14.9 Å². The van der Waals surface area contributed by atoms with E-state index in [1.165, 1.54) is 0 Å². The minimum atomic E-state index is -0.957. The van der Waals surface area contributed by atoms with Crippen LogP contribution in [0.4, 0.5) is 10.9 Å². The van der Waals surface area contributed by atoms with Crippen LogP contribution in [-0.2, 0) is 0 Å². The van der Waals surface area contributed by atoms with E-state index in [-0.39, 0.29) is 5.56 Å². The number of pyridine rings is 1. The maximum atomic E-state index is 11.4. The molecule has 1 N–H and O–H groups in total. The molecule has 21 heavy (non-hydrogen) atoms. The number of thiazole rings is 1.